The average Bonchev–Trinajstić information content (AvgIpc) is 2.87. The average molecular weight is 190 g/mol. The van der Waals surface area contributed by atoms with E-state index in [2.05, 4.69) is 12.6 Å². The SMILES string of the molecule is SCCCCCCOCC1CO1. The monoisotopic (exact) mass is 190 g/mol. The van der Waals surface area contributed by atoms with Gasteiger partial charge in [-0.3, -0.25) is 0 Å². The van der Waals surface area contributed by atoms with Crippen LogP contribution in [0.3, 0.4) is 0 Å². The van der Waals surface area contributed by atoms with Crippen LogP contribution in [-0.4, -0.2) is 31.7 Å². The van der Waals surface area contributed by atoms with Gasteiger partial charge in [-0.1, -0.05) is 12.8 Å². The van der Waals surface area contributed by atoms with E-state index in [9.17, 15) is 0 Å². The molecular weight excluding hydrogens is 172 g/mol. The second-order valence-corrected chi connectivity index (χ2v) is 3.62. The molecule has 1 rings (SSSR count). The maximum atomic E-state index is 5.39. The van der Waals surface area contributed by atoms with Gasteiger partial charge in [0, 0.05) is 6.61 Å². The molecule has 2 nitrogen and oxygen atoms in total. The molecule has 1 aliphatic heterocycles. The summed E-state index contributed by atoms with van der Waals surface area (Å²) in [5.74, 6) is 1.01. The zero-order chi connectivity index (χ0) is 8.65. The van der Waals surface area contributed by atoms with E-state index in [0.717, 1.165) is 25.6 Å². The zero-order valence-electron chi connectivity index (χ0n) is 7.50. The number of ether oxygens (including phenoxy) is 2. The highest BCUT2D eigenvalue weighted by molar-refractivity contribution is 7.80. The summed E-state index contributed by atoms with van der Waals surface area (Å²) in [6, 6.07) is 0. The molecule has 0 aromatic carbocycles. The van der Waals surface area contributed by atoms with Gasteiger partial charge < -0.3 is 9.47 Å². The summed E-state index contributed by atoms with van der Waals surface area (Å²) in [7, 11) is 0. The van der Waals surface area contributed by atoms with Crippen LogP contribution >= 0.6 is 12.6 Å². The molecule has 0 bridgehead atoms. The van der Waals surface area contributed by atoms with E-state index in [1.54, 1.807) is 0 Å². The summed E-state index contributed by atoms with van der Waals surface area (Å²) in [6.07, 6.45) is 5.39. The predicted molar refractivity (Wildman–Crippen MR) is 52.9 cm³/mol. The minimum Gasteiger partial charge on any atom is -0.379 e. The van der Waals surface area contributed by atoms with Crippen molar-refractivity contribution in [3.63, 3.8) is 0 Å². The van der Waals surface area contributed by atoms with Crippen molar-refractivity contribution in [2.75, 3.05) is 25.6 Å². The summed E-state index contributed by atoms with van der Waals surface area (Å²) < 4.78 is 10.4. The molecule has 3 heteroatoms. The van der Waals surface area contributed by atoms with Gasteiger partial charge in [-0.15, -0.1) is 0 Å². The van der Waals surface area contributed by atoms with Crippen molar-refractivity contribution in [2.24, 2.45) is 0 Å². The van der Waals surface area contributed by atoms with Gasteiger partial charge in [0.15, 0.2) is 0 Å². The van der Waals surface area contributed by atoms with E-state index in [1.807, 2.05) is 0 Å². The summed E-state index contributed by atoms with van der Waals surface area (Å²) in [5, 5.41) is 0. The fourth-order valence-corrected chi connectivity index (χ4v) is 1.27. The third-order valence-electron chi connectivity index (χ3n) is 1.90. The summed E-state index contributed by atoms with van der Waals surface area (Å²) in [6.45, 7) is 2.60. The minimum atomic E-state index is 0.419. The van der Waals surface area contributed by atoms with Crippen molar-refractivity contribution < 1.29 is 9.47 Å². The number of rotatable bonds is 8. The molecular formula is C9H18O2S. The normalized spacial score (nSPS) is 21.2. The maximum Gasteiger partial charge on any atom is 0.104 e. The minimum absolute atomic E-state index is 0.419. The molecule has 1 fully saturated rings. The van der Waals surface area contributed by atoms with Gasteiger partial charge in [-0.25, -0.2) is 0 Å². The molecule has 0 saturated carbocycles. The molecule has 0 amide bonds. The van der Waals surface area contributed by atoms with Gasteiger partial charge in [0.05, 0.1) is 13.2 Å². The summed E-state index contributed by atoms with van der Waals surface area (Å²) >= 11 is 4.15. The molecule has 0 radical (unpaired) electrons. The fraction of sp³-hybridized carbons (Fsp3) is 1.00. The van der Waals surface area contributed by atoms with Crippen LogP contribution in [0.5, 0.6) is 0 Å². The number of unbranched alkanes of at least 4 members (excludes halogenated alkanes) is 3. The molecule has 1 heterocycles. The van der Waals surface area contributed by atoms with Crippen LogP contribution in [0.4, 0.5) is 0 Å². The van der Waals surface area contributed by atoms with Crippen molar-refractivity contribution in [2.45, 2.75) is 31.8 Å². The molecule has 0 aliphatic carbocycles. The molecule has 72 valence electrons. The molecule has 1 saturated heterocycles. The van der Waals surface area contributed by atoms with Crippen LogP contribution < -0.4 is 0 Å². The molecule has 0 aromatic rings. The summed E-state index contributed by atoms with van der Waals surface area (Å²) in [5.41, 5.74) is 0. The standard InChI is InChI=1S/C9H18O2S/c12-6-4-2-1-3-5-10-7-9-8-11-9/h9,12H,1-8H2. The Morgan fingerprint density at radius 3 is 2.67 bits per heavy atom. The van der Waals surface area contributed by atoms with Crippen molar-refractivity contribution in [3.05, 3.63) is 0 Å². The van der Waals surface area contributed by atoms with Crippen molar-refractivity contribution in [3.8, 4) is 0 Å². The van der Waals surface area contributed by atoms with Crippen molar-refractivity contribution in [1.29, 1.82) is 0 Å². The topological polar surface area (TPSA) is 21.8 Å². The number of thiol groups is 1. The first-order chi connectivity index (χ1) is 5.93. The first-order valence-corrected chi connectivity index (χ1v) is 5.37. The lowest BCUT2D eigenvalue weighted by atomic mass is 10.2. The molecule has 12 heavy (non-hydrogen) atoms. The maximum absolute atomic E-state index is 5.39. The predicted octanol–water partition coefficient (Wildman–Crippen LogP) is 1.89. The quantitative estimate of drug-likeness (QED) is 0.358. The van der Waals surface area contributed by atoms with Gasteiger partial charge in [0.25, 0.3) is 0 Å². The van der Waals surface area contributed by atoms with E-state index < -0.39 is 0 Å². The number of epoxide rings is 1. The van der Waals surface area contributed by atoms with Crippen LogP contribution in [0.25, 0.3) is 0 Å². The van der Waals surface area contributed by atoms with Crippen LogP contribution in [0.15, 0.2) is 0 Å². The van der Waals surface area contributed by atoms with Crippen LogP contribution in [-0.2, 0) is 9.47 Å². The van der Waals surface area contributed by atoms with Crippen LogP contribution in [0.1, 0.15) is 25.7 Å². The Morgan fingerprint density at radius 2 is 2.00 bits per heavy atom. The highest BCUT2D eigenvalue weighted by Crippen LogP contribution is 2.09. The van der Waals surface area contributed by atoms with E-state index in [0.29, 0.717) is 6.10 Å². The third-order valence-corrected chi connectivity index (χ3v) is 2.22. The van der Waals surface area contributed by atoms with Crippen LogP contribution in [0, 0.1) is 0 Å². The second kappa shape index (κ2) is 6.75. The lowest BCUT2D eigenvalue weighted by Crippen LogP contribution is -2.02. The Labute approximate surface area is 80.0 Å². The van der Waals surface area contributed by atoms with Gasteiger partial charge >= 0.3 is 0 Å². The first kappa shape index (κ1) is 10.4. The van der Waals surface area contributed by atoms with E-state index >= 15 is 0 Å². The molecule has 0 aromatic heterocycles. The van der Waals surface area contributed by atoms with E-state index in [4.69, 9.17) is 9.47 Å². The van der Waals surface area contributed by atoms with Crippen molar-refractivity contribution in [1.82, 2.24) is 0 Å². The Bertz CT molecular complexity index is 105. The Hall–Kier alpha value is 0.270. The second-order valence-electron chi connectivity index (χ2n) is 3.17. The van der Waals surface area contributed by atoms with Gasteiger partial charge in [0.1, 0.15) is 6.10 Å². The van der Waals surface area contributed by atoms with Gasteiger partial charge in [-0.05, 0) is 18.6 Å². The Morgan fingerprint density at radius 1 is 1.25 bits per heavy atom. The molecule has 1 atom stereocenters. The molecule has 1 aliphatic rings. The number of hydrogen-bond donors (Lipinski definition) is 1. The Balaban J connectivity index is 1.65. The fourth-order valence-electron chi connectivity index (χ4n) is 1.05. The number of hydrogen-bond acceptors (Lipinski definition) is 3. The highest BCUT2D eigenvalue weighted by atomic mass is 32.1. The lowest BCUT2D eigenvalue weighted by molar-refractivity contribution is 0.113. The molecule has 0 spiro atoms. The Kier molecular flexibility index (Phi) is 5.82. The largest absolute Gasteiger partial charge is 0.379 e. The van der Waals surface area contributed by atoms with Gasteiger partial charge in [-0.2, -0.15) is 12.6 Å². The third kappa shape index (κ3) is 5.86. The van der Waals surface area contributed by atoms with Crippen molar-refractivity contribution >= 4 is 12.6 Å². The van der Waals surface area contributed by atoms with Gasteiger partial charge in [0.2, 0.25) is 0 Å². The summed E-state index contributed by atoms with van der Waals surface area (Å²) in [4.78, 5) is 0. The zero-order valence-corrected chi connectivity index (χ0v) is 8.39. The molecule has 0 N–H and O–H groups in total. The lowest BCUT2D eigenvalue weighted by Gasteiger charge is -2.01. The van der Waals surface area contributed by atoms with E-state index in [1.165, 1.54) is 25.7 Å². The first-order valence-electron chi connectivity index (χ1n) is 4.73. The highest BCUT2D eigenvalue weighted by Gasteiger charge is 2.21. The van der Waals surface area contributed by atoms with Crippen LogP contribution in [0.2, 0.25) is 0 Å². The van der Waals surface area contributed by atoms with E-state index in [-0.39, 0.29) is 0 Å². The molecule has 1 unspecified atom stereocenters. The smallest absolute Gasteiger partial charge is 0.104 e.